The summed E-state index contributed by atoms with van der Waals surface area (Å²) >= 11 is 0.676. The van der Waals surface area contributed by atoms with Gasteiger partial charge in [0.15, 0.2) is 0 Å². The van der Waals surface area contributed by atoms with Crippen molar-refractivity contribution in [2.24, 2.45) is 0 Å². The second-order valence-electron chi connectivity index (χ2n) is 1.99. The first-order valence-electron chi connectivity index (χ1n) is 3.01. The van der Waals surface area contributed by atoms with Gasteiger partial charge in [-0.1, -0.05) is 0 Å². The number of halogens is 1. The summed E-state index contributed by atoms with van der Waals surface area (Å²) in [5.74, 6) is 0. The zero-order chi connectivity index (χ0) is 5.11. The molecule has 1 fully saturated rings. The molecule has 1 rings (SSSR count). The predicted molar refractivity (Wildman–Crippen MR) is 28.2 cm³/mol. The van der Waals surface area contributed by atoms with Gasteiger partial charge < -0.3 is 0 Å². The average molecular weight is 211 g/mol. The summed E-state index contributed by atoms with van der Waals surface area (Å²) in [7, 11) is 0. The fourth-order valence-electron chi connectivity index (χ4n) is 0.920. The van der Waals surface area contributed by atoms with E-state index < -0.39 is 0 Å². The molecule has 1 heterocycles. The van der Waals surface area contributed by atoms with Crippen LogP contribution >= 0.6 is 0 Å². The molecule has 0 radical (unpaired) electrons. The Morgan fingerprint density at radius 1 is 1.71 bits per heavy atom. The Morgan fingerprint density at radius 2 is 2.57 bits per heavy atom. The first-order chi connectivity index (χ1) is 3.43. The average Bonchev–Trinajstić information content (AvgIpc) is 2.14. The van der Waals surface area contributed by atoms with Crippen molar-refractivity contribution in [2.75, 3.05) is 4.43 Å². The van der Waals surface area contributed by atoms with Crippen molar-refractivity contribution in [3.63, 3.8) is 0 Å². The van der Waals surface area contributed by atoms with Gasteiger partial charge in [0.25, 0.3) is 0 Å². The van der Waals surface area contributed by atoms with Crippen molar-refractivity contribution < 1.29 is 21.2 Å². The normalized spacial score (nSPS) is 32.4. The van der Waals surface area contributed by atoms with E-state index >= 15 is 0 Å². The van der Waals surface area contributed by atoms with Crippen molar-refractivity contribution in [3.8, 4) is 0 Å². The molecular weight excluding hydrogens is 199 g/mol. The summed E-state index contributed by atoms with van der Waals surface area (Å²) in [6.07, 6.45) is 4.57. The quantitative estimate of drug-likeness (QED) is 0.371. The molecule has 0 aromatic carbocycles. The van der Waals surface area contributed by atoms with Gasteiger partial charge in [0.1, 0.15) is 0 Å². The molecule has 0 aliphatic carbocycles. The van der Waals surface area contributed by atoms with E-state index in [-0.39, 0.29) is 0 Å². The third kappa shape index (κ3) is 1.59. The Hall–Kier alpha value is 0.730. The van der Waals surface area contributed by atoms with Crippen molar-refractivity contribution in [2.45, 2.75) is 30.1 Å². The van der Waals surface area contributed by atoms with Crippen LogP contribution in [0.2, 0.25) is 0 Å². The summed E-state index contributed by atoms with van der Waals surface area (Å²) < 4.78 is 2.82. The zero-order valence-electron chi connectivity index (χ0n) is 4.78. The molecule has 1 aliphatic rings. The number of rotatable bonds is 1. The molecule has 1 atom stereocenters. The SMILES string of the molecule is CC[C@H]1CCC[I-]1. The van der Waals surface area contributed by atoms with Crippen LogP contribution in [0, 0.1) is 0 Å². The third-order valence-electron chi connectivity index (χ3n) is 1.42. The Kier molecular flexibility index (Phi) is 2.43. The Balaban J connectivity index is 2.14. The van der Waals surface area contributed by atoms with E-state index in [1.807, 2.05) is 0 Å². The van der Waals surface area contributed by atoms with Crippen molar-refractivity contribution in [3.05, 3.63) is 0 Å². The minimum absolute atomic E-state index is 0.676. The van der Waals surface area contributed by atoms with Crippen LogP contribution in [0.25, 0.3) is 0 Å². The van der Waals surface area contributed by atoms with Gasteiger partial charge >= 0.3 is 55.7 Å². The molecule has 7 heavy (non-hydrogen) atoms. The molecular formula is C6H12I-. The standard InChI is InChI=1S/C6H12I/c1-2-6-4-3-5-7-6/h6H,2-5H2,1H3/q-1/t6-/m0/s1. The van der Waals surface area contributed by atoms with Crippen LogP contribution in [0.15, 0.2) is 0 Å². The van der Waals surface area contributed by atoms with Gasteiger partial charge in [-0.25, -0.2) is 0 Å². The molecule has 1 saturated heterocycles. The van der Waals surface area contributed by atoms with Crippen LogP contribution in [0.5, 0.6) is 0 Å². The zero-order valence-corrected chi connectivity index (χ0v) is 6.94. The van der Waals surface area contributed by atoms with E-state index in [1.165, 1.54) is 10.3 Å². The summed E-state index contributed by atoms with van der Waals surface area (Å²) in [5.41, 5.74) is 0. The maximum atomic E-state index is 2.33. The number of alkyl halides is 2. The topological polar surface area (TPSA) is 0 Å². The van der Waals surface area contributed by atoms with Crippen LogP contribution in [0.4, 0.5) is 0 Å². The van der Waals surface area contributed by atoms with Gasteiger partial charge in [-0.2, -0.15) is 0 Å². The van der Waals surface area contributed by atoms with Gasteiger partial charge in [-0.05, 0) is 0 Å². The number of hydrogen-bond acceptors (Lipinski definition) is 0. The van der Waals surface area contributed by atoms with Gasteiger partial charge in [-0.15, -0.1) is 0 Å². The second kappa shape index (κ2) is 2.90. The van der Waals surface area contributed by atoms with Crippen LogP contribution in [-0.4, -0.2) is 8.35 Å². The fourth-order valence-corrected chi connectivity index (χ4v) is 4.19. The van der Waals surface area contributed by atoms with E-state index in [0.717, 1.165) is 0 Å². The number of hydrogen-bond donors (Lipinski definition) is 0. The molecule has 0 N–H and O–H groups in total. The van der Waals surface area contributed by atoms with Crippen molar-refractivity contribution in [1.29, 1.82) is 0 Å². The summed E-state index contributed by atoms with van der Waals surface area (Å²) in [5, 5.41) is 0. The van der Waals surface area contributed by atoms with E-state index in [2.05, 4.69) is 6.92 Å². The molecule has 0 saturated carbocycles. The van der Waals surface area contributed by atoms with Gasteiger partial charge in [0.2, 0.25) is 0 Å². The summed E-state index contributed by atoms with van der Waals surface area (Å²) in [6, 6.07) is 0. The molecule has 1 heteroatoms. The fraction of sp³-hybridized carbons (Fsp3) is 1.00. The van der Waals surface area contributed by atoms with Gasteiger partial charge in [-0.3, -0.25) is 0 Å². The van der Waals surface area contributed by atoms with Gasteiger partial charge in [0, 0.05) is 0 Å². The molecule has 0 spiro atoms. The first kappa shape index (κ1) is 5.86. The van der Waals surface area contributed by atoms with Crippen molar-refractivity contribution >= 4 is 0 Å². The van der Waals surface area contributed by atoms with Crippen molar-refractivity contribution in [1.82, 2.24) is 0 Å². The summed E-state index contributed by atoms with van der Waals surface area (Å²) in [4.78, 5) is 0. The van der Waals surface area contributed by atoms with E-state index in [1.54, 1.807) is 17.3 Å². The van der Waals surface area contributed by atoms with Crippen LogP contribution in [0.1, 0.15) is 26.2 Å². The third-order valence-corrected chi connectivity index (χ3v) is 5.56. The van der Waals surface area contributed by atoms with Gasteiger partial charge in [0.05, 0.1) is 0 Å². The molecule has 1 aliphatic heterocycles. The molecule has 44 valence electrons. The predicted octanol–water partition coefficient (Wildman–Crippen LogP) is -1.35. The molecule has 0 unspecified atom stereocenters. The van der Waals surface area contributed by atoms with Crippen LogP contribution in [-0.2, 0) is 0 Å². The van der Waals surface area contributed by atoms with E-state index in [9.17, 15) is 0 Å². The Morgan fingerprint density at radius 3 is 2.86 bits per heavy atom. The van der Waals surface area contributed by atoms with Crippen LogP contribution in [0.3, 0.4) is 0 Å². The molecule has 0 nitrogen and oxygen atoms in total. The van der Waals surface area contributed by atoms with E-state index in [4.69, 9.17) is 0 Å². The minimum atomic E-state index is 0.676. The molecule has 0 aromatic rings. The Labute approximate surface area is 55.9 Å². The Bertz CT molecular complexity index is 46.1. The molecule has 0 aromatic heterocycles. The maximum absolute atomic E-state index is 2.33. The summed E-state index contributed by atoms with van der Waals surface area (Å²) in [6.45, 7) is 2.33. The molecule has 0 amide bonds. The second-order valence-corrected chi connectivity index (χ2v) is 5.71. The first-order valence-corrected chi connectivity index (χ1v) is 5.78. The van der Waals surface area contributed by atoms with Crippen LogP contribution < -0.4 is 21.2 Å². The monoisotopic (exact) mass is 211 g/mol. The molecule has 0 bridgehead atoms. The van der Waals surface area contributed by atoms with E-state index in [0.29, 0.717) is 21.2 Å².